The summed E-state index contributed by atoms with van der Waals surface area (Å²) in [6, 6.07) is 11.4. The van der Waals surface area contributed by atoms with Gasteiger partial charge < -0.3 is 20.3 Å². The number of para-hydroxylation sites is 1. The minimum absolute atomic E-state index is 0.0642. The van der Waals surface area contributed by atoms with Crippen LogP contribution in [-0.4, -0.2) is 46.2 Å². The first-order valence-corrected chi connectivity index (χ1v) is 13.3. The number of hydrogen-bond acceptors (Lipinski definition) is 5. The average molecular weight is 526 g/mol. The van der Waals surface area contributed by atoms with Gasteiger partial charge in [0.1, 0.15) is 17.7 Å². The highest BCUT2D eigenvalue weighted by atomic mass is 32.1. The second kappa shape index (κ2) is 11.6. The highest BCUT2D eigenvalue weighted by molar-refractivity contribution is 7.80. The van der Waals surface area contributed by atoms with Crippen LogP contribution < -0.4 is 10.6 Å². The first-order chi connectivity index (χ1) is 17.3. The molecule has 1 aliphatic rings. The van der Waals surface area contributed by atoms with Crippen molar-refractivity contribution in [1.82, 2.24) is 10.2 Å². The molecule has 1 saturated carbocycles. The smallest absolute Gasteiger partial charge is 0.408 e. The molecule has 4 atom stereocenters. The molecular formula is C29H39N3O4S. The SMILES string of the molecule is Cc1ccc(C(C(=O)Nc2ccccc2C)N(C(=O)C(CS)NC(=O)OC(C)(C)C)C2CC2C)cc1C. The number of amides is 3. The van der Waals surface area contributed by atoms with E-state index in [-0.39, 0.29) is 29.5 Å². The number of nitrogens with zero attached hydrogens (tertiary/aromatic N) is 1. The molecule has 8 heteroatoms. The summed E-state index contributed by atoms with van der Waals surface area (Å²) in [6.07, 6.45) is 0.0759. The zero-order valence-corrected chi connectivity index (χ0v) is 23.7. The number of rotatable bonds is 8. The minimum atomic E-state index is -0.953. The lowest BCUT2D eigenvalue weighted by molar-refractivity contribution is -0.141. The lowest BCUT2D eigenvalue weighted by Gasteiger charge is -2.35. The quantitative estimate of drug-likeness (QED) is 0.406. The molecule has 0 bridgehead atoms. The van der Waals surface area contributed by atoms with Gasteiger partial charge in [0.25, 0.3) is 5.91 Å². The summed E-state index contributed by atoms with van der Waals surface area (Å²) in [5, 5.41) is 5.71. The van der Waals surface area contributed by atoms with Crippen LogP contribution in [0.5, 0.6) is 0 Å². The zero-order chi connectivity index (χ0) is 27.5. The Morgan fingerprint density at radius 3 is 2.24 bits per heavy atom. The number of ether oxygens (including phenoxy) is 1. The normalized spacial score (nSPS) is 18.4. The molecule has 2 aromatic rings. The fourth-order valence-corrected chi connectivity index (χ4v) is 4.52. The summed E-state index contributed by atoms with van der Waals surface area (Å²) in [4.78, 5) is 42.1. The van der Waals surface area contributed by atoms with Crippen molar-refractivity contribution in [3.8, 4) is 0 Å². The Morgan fingerprint density at radius 1 is 1.05 bits per heavy atom. The first kappa shape index (κ1) is 28.6. The van der Waals surface area contributed by atoms with Crippen LogP contribution in [0.25, 0.3) is 0 Å². The van der Waals surface area contributed by atoms with Gasteiger partial charge >= 0.3 is 6.09 Å². The van der Waals surface area contributed by atoms with E-state index in [0.29, 0.717) is 5.69 Å². The highest BCUT2D eigenvalue weighted by Gasteiger charge is 2.48. The van der Waals surface area contributed by atoms with Crippen LogP contribution in [0.2, 0.25) is 0 Å². The van der Waals surface area contributed by atoms with E-state index in [0.717, 1.165) is 28.7 Å². The number of anilines is 1. The topological polar surface area (TPSA) is 87.7 Å². The molecule has 1 aliphatic carbocycles. The van der Waals surface area contributed by atoms with E-state index in [2.05, 4.69) is 30.2 Å². The molecule has 0 heterocycles. The standard InChI is InChI=1S/C29H39N3O4S/c1-17-12-13-21(14-19(17)3)25(26(33)30-22-11-9-8-10-18(22)2)32(24-15-20(24)4)27(34)23(16-37)31-28(35)36-29(5,6)7/h8-14,20,23-25,37H,15-16H2,1-7H3,(H,30,33)(H,31,35). The highest BCUT2D eigenvalue weighted by Crippen LogP contribution is 2.41. The fourth-order valence-electron chi connectivity index (χ4n) is 4.27. The maximum absolute atomic E-state index is 14.0. The Morgan fingerprint density at radius 2 is 1.70 bits per heavy atom. The van der Waals surface area contributed by atoms with Crippen molar-refractivity contribution in [2.24, 2.45) is 5.92 Å². The fraction of sp³-hybridized carbons (Fsp3) is 0.483. The van der Waals surface area contributed by atoms with E-state index in [4.69, 9.17) is 4.74 Å². The monoisotopic (exact) mass is 525 g/mol. The van der Waals surface area contributed by atoms with E-state index in [1.165, 1.54) is 0 Å². The molecule has 37 heavy (non-hydrogen) atoms. The number of aryl methyl sites for hydroxylation is 3. The Kier molecular flexibility index (Phi) is 8.95. The summed E-state index contributed by atoms with van der Waals surface area (Å²) in [5.41, 5.74) is 3.74. The molecule has 0 aliphatic heterocycles. The van der Waals surface area contributed by atoms with Gasteiger partial charge in [-0.05, 0) is 82.2 Å². The molecule has 0 radical (unpaired) electrons. The first-order valence-electron chi connectivity index (χ1n) is 12.7. The van der Waals surface area contributed by atoms with Gasteiger partial charge in [-0.2, -0.15) is 12.6 Å². The van der Waals surface area contributed by atoms with Gasteiger partial charge in [-0.15, -0.1) is 0 Å². The maximum Gasteiger partial charge on any atom is 0.408 e. The number of carbonyl (C=O) groups is 3. The van der Waals surface area contributed by atoms with Crippen molar-refractivity contribution in [2.75, 3.05) is 11.1 Å². The molecule has 0 spiro atoms. The molecule has 0 aromatic heterocycles. The van der Waals surface area contributed by atoms with Crippen LogP contribution >= 0.6 is 12.6 Å². The summed E-state index contributed by atoms with van der Waals surface area (Å²) in [7, 11) is 0. The van der Waals surface area contributed by atoms with Gasteiger partial charge in [0, 0.05) is 17.5 Å². The third-order valence-electron chi connectivity index (χ3n) is 6.63. The van der Waals surface area contributed by atoms with Crippen LogP contribution in [0, 0.1) is 26.7 Å². The Balaban J connectivity index is 2.02. The summed E-state index contributed by atoms with van der Waals surface area (Å²) >= 11 is 4.36. The number of nitrogens with one attached hydrogen (secondary N) is 2. The maximum atomic E-state index is 14.0. The average Bonchev–Trinajstić information content (AvgIpc) is 3.53. The number of alkyl carbamates (subject to hydrolysis) is 1. The Bertz CT molecular complexity index is 1160. The molecule has 2 N–H and O–H groups in total. The van der Waals surface area contributed by atoms with Crippen LogP contribution in [0.15, 0.2) is 42.5 Å². The Hall–Kier alpha value is -3.00. The molecular weight excluding hydrogens is 486 g/mol. The van der Waals surface area contributed by atoms with Gasteiger partial charge in [-0.3, -0.25) is 9.59 Å². The van der Waals surface area contributed by atoms with Gasteiger partial charge in [-0.1, -0.05) is 43.3 Å². The lowest BCUT2D eigenvalue weighted by atomic mass is 9.98. The predicted molar refractivity (Wildman–Crippen MR) is 150 cm³/mol. The summed E-state index contributed by atoms with van der Waals surface area (Å²) < 4.78 is 5.38. The largest absolute Gasteiger partial charge is 0.444 e. The van der Waals surface area contributed by atoms with Crippen molar-refractivity contribution in [2.45, 2.75) is 78.6 Å². The third kappa shape index (κ3) is 7.28. The Labute approximate surface area is 225 Å². The van der Waals surface area contributed by atoms with Crippen molar-refractivity contribution < 1.29 is 19.1 Å². The van der Waals surface area contributed by atoms with Gasteiger partial charge in [0.2, 0.25) is 5.91 Å². The molecule has 0 saturated heterocycles. The molecule has 2 aromatic carbocycles. The van der Waals surface area contributed by atoms with Crippen molar-refractivity contribution in [3.05, 3.63) is 64.7 Å². The van der Waals surface area contributed by atoms with Gasteiger partial charge in [0.05, 0.1) is 0 Å². The van der Waals surface area contributed by atoms with Gasteiger partial charge in [0.15, 0.2) is 0 Å². The number of thiol groups is 1. The number of carbonyl (C=O) groups excluding carboxylic acids is 3. The van der Waals surface area contributed by atoms with Crippen molar-refractivity contribution in [3.63, 3.8) is 0 Å². The molecule has 3 amide bonds. The van der Waals surface area contributed by atoms with Crippen molar-refractivity contribution in [1.29, 1.82) is 0 Å². The van der Waals surface area contributed by atoms with Crippen LogP contribution in [0.1, 0.15) is 62.4 Å². The molecule has 4 unspecified atom stereocenters. The van der Waals surface area contributed by atoms with Gasteiger partial charge in [-0.25, -0.2) is 4.79 Å². The van der Waals surface area contributed by atoms with E-state index >= 15 is 0 Å². The molecule has 200 valence electrons. The summed E-state index contributed by atoms with van der Waals surface area (Å²) in [6.45, 7) is 13.2. The van der Waals surface area contributed by atoms with Crippen LogP contribution in [0.4, 0.5) is 10.5 Å². The van der Waals surface area contributed by atoms with E-state index < -0.39 is 23.8 Å². The predicted octanol–water partition coefficient (Wildman–Crippen LogP) is 5.35. The van der Waals surface area contributed by atoms with Crippen molar-refractivity contribution >= 4 is 36.2 Å². The second-order valence-electron chi connectivity index (χ2n) is 11.0. The zero-order valence-electron chi connectivity index (χ0n) is 22.8. The number of benzene rings is 2. The molecule has 3 rings (SSSR count). The minimum Gasteiger partial charge on any atom is -0.444 e. The van der Waals surface area contributed by atoms with Crippen LogP contribution in [-0.2, 0) is 14.3 Å². The summed E-state index contributed by atoms with van der Waals surface area (Å²) in [5.74, 6) is -0.376. The third-order valence-corrected chi connectivity index (χ3v) is 6.99. The van der Waals surface area contributed by atoms with Crippen LogP contribution in [0.3, 0.4) is 0 Å². The van der Waals surface area contributed by atoms with E-state index in [1.807, 2.05) is 63.2 Å². The number of hydrogen-bond donors (Lipinski definition) is 3. The van der Waals surface area contributed by atoms with E-state index in [1.54, 1.807) is 25.7 Å². The molecule has 7 nitrogen and oxygen atoms in total. The second-order valence-corrected chi connectivity index (χ2v) is 11.3. The molecule has 1 fully saturated rings. The lowest BCUT2D eigenvalue weighted by Crippen LogP contribution is -2.54. The van der Waals surface area contributed by atoms with E-state index in [9.17, 15) is 14.4 Å².